The first kappa shape index (κ1) is 17.2. The number of nitro groups is 1. The molecular formula is C16H17N5O3S2. The van der Waals surface area contributed by atoms with Gasteiger partial charge in [0.25, 0.3) is 0 Å². The Balaban J connectivity index is 1.71. The van der Waals surface area contributed by atoms with Crippen molar-refractivity contribution in [3.63, 3.8) is 0 Å². The molecule has 1 aromatic carbocycles. The van der Waals surface area contributed by atoms with E-state index in [-0.39, 0.29) is 16.8 Å². The van der Waals surface area contributed by atoms with Crippen LogP contribution in [0.15, 0.2) is 33.8 Å². The third-order valence-corrected chi connectivity index (χ3v) is 6.46. The molecule has 2 aromatic rings. The smallest absolute Gasteiger partial charge is 0.311 e. The average molecular weight is 391 g/mol. The van der Waals surface area contributed by atoms with E-state index in [0.29, 0.717) is 0 Å². The van der Waals surface area contributed by atoms with Crippen LogP contribution in [0.3, 0.4) is 0 Å². The van der Waals surface area contributed by atoms with Crippen molar-refractivity contribution < 1.29 is 9.66 Å². The summed E-state index contributed by atoms with van der Waals surface area (Å²) in [5, 5.41) is 26.0. The van der Waals surface area contributed by atoms with Crippen molar-refractivity contribution in [1.82, 2.24) is 14.9 Å². The molecule has 0 saturated carbocycles. The van der Waals surface area contributed by atoms with E-state index in [1.54, 1.807) is 35.7 Å². The van der Waals surface area contributed by atoms with E-state index in [1.807, 2.05) is 10.7 Å². The number of benzene rings is 1. The second-order valence-electron chi connectivity index (χ2n) is 5.89. The van der Waals surface area contributed by atoms with Gasteiger partial charge in [0.1, 0.15) is 10.4 Å². The van der Waals surface area contributed by atoms with Gasteiger partial charge in [-0.1, -0.05) is 31.2 Å². The molecule has 2 aliphatic rings. The van der Waals surface area contributed by atoms with Crippen molar-refractivity contribution in [2.75, 3.05) is 12.1 Å². The minimum Gasteiger partial charge on any atom is -0.490 e. The lowest BCUT2D eigenvalue weighted by molar-refractivity contribution is -0.385. The van der Waals surface area contributed by atoms with Crippen LogP contribution in [0.2, 0.25) is 0 Å². The van der Waals surface area contributed by atoms with Gasteiger partial charge in [-0.2, -0.15) is 0 Å². The number of aryl methyl sites for hydroxylation is 1. The summed E-state index contributed by atoms with van der Waals surface area (Å²) in [7, 11) is 1.44. The van der Waals surface area contributed by atoms with Crippen molar-refractivity contribution in [3.05, 3.63) is 50.1 Å². The quantitative estimate of drug-likeness (QED) is 0.542. The summed E-state index contributed by atoms with van der Waals surface area (Å²) in [6.45, 7) is 2.15. The normalized spacial score (nSPS) is 17.8. The molecule has 1 unspecified atom stereocenters. The Morgan fingerprint density at radius 3 is 2.96 bits per heavy atom. The Morgan fingerprint density at radius 2 is 2.23 bits per heavy atom. The molecule has 3 heterocycles. The van der Waals surface area contributed by atoms with Gasteiger partial charge in [-0.15, -0.1) is 10.2 Å². The van der Waals surface area contributed by atoms with Crippen LogP contribution in [0, 0.1) is 10.1 Å². The number of hydrogen-bond donors (Lipinski definition) is 0. The molecular weight excluding hydrogens is 374 g/mol. The molecule has 0 aliphatic carbocycles. The molecule has 1 atom stereocenters. The monoisotopic (exact) mass is 391 g/mol. The fourth-order valence-corrected chi connectivity index (χ4v) is 5.24. The molecule has 2 aliphatic heterocycles. The summed E-state index contributed by atoms with van der Waals surface area (Å²) >= 11 is 3.20. The Hall–Kier alpha value is -2.20. The molecule has 26 heavy (non-hydrogen) atoms. The van der Waals surface area contributed by atoms with Gasteiger partial charge in [0, 0.05) is 17.9 Å². The first-order chi connectivity index (χ1) is 12.6. The van der Waals surface area contributed by atoms with Gasteiger partial charge in [-0.05, 0) is 29.8 Å². The van der Waals surface area contributed by atoms with E-state index in [4.69, 9.17) is 4.74 Å². The lowest BCUT2D eigenvalue weighted by Crippen LogP contribution is -2.30. The molecule has 1 aromatic heterocycles. The zero-order valence-corrected chi connectivity index (χ0v) is 15.9. The van der Waals surface area contributed by atoms with Crippen LogP contribution in [0.1, 0.15) is 36.5 Å². The van der Waals surface area contributed by atoms with E-state index in [2.05, 4.69) is 27.5 Å². The topological polar surface area (TPSA) is 86.3 Å². The first-order valence-electron chi connectivity index (χ1n) is 8.23. The van der Waals surface area contributed by atoms with Crippen molar-refractivity contribution in [3.8, 4) is 5.75 Å². The van der Waals surface area contributed by atoms with Crippen molar-refractivity contribution in [2.24, 2.45) is 0 Å². The van der Waals surface area contributed by atoms with Gasteiger partial charge in [0.2, 0.25) is 5.16 Å². The Labute approximate surface area is 158 Å². The molecule has 4 rings (SSSR count). The van der Waals surface area contributed by atoms with Gasteiger partial charge < -0.3 is 4.74 Å². The number of aromatic nitrogens is 3. The van der Waals surface area contributed by atoms with Crippen LogP contribution in [-0.2, 0) is 6.42 Å². The maximum atomic E-state index is 11.4. The maximum absolute atomic E-state index is 11.4. The molecule has 0 fully saturated rings. The Morgan fingerprint density at radius 1 is 1.38 bits per heavy atom. The predicted octanol–water partition coefficient (Wildman–Crippen LogP) is 3.83. The summed E-state index contributed by atoms with van der Waals surface area (Å²) in [6, 6.07) is 5.12. The third-order valence-electron chi connectivity index (χ3n) is 4.27. The third kappa shape index (κ3) is 2.73. The molecule has 0 N–H and O–H groups in total. The highest BCUT2D eigenvalue weighted by Crippen LogP contribution is 2.51. The lowest BCUT2D eigenvalue weighted by Gasteiger charge is -2.26. The number of nitrogens with zero attached hydrogens (tertiary/aromatic N) is 5. The number of thioether (sulfide) groups is 2. The highest BCUT2D eigenvalue weighted by Gasteiger charge is 2.40. The van der Waals surface area contributed by atoms with Crippen LogP contribution in [0.4, 0.5) is 5.69 Å². The standard InChI is InChI=1S/C16H17N5O3S2/c1-3-4-5-13-17-18-16-19(13)20-14(26-16)9-25-15(20)10-6-7-12(24-2)11(8-10)21(22)23/h6-9,15H,3-5H2,1-2H3. The van der Waals surface area contributed by atoms with Gasteiger partial charge in [-0.3, -0.25) is 15.1 Å². The predicted molar refractivity (Wildman–Crippen MR) is 101 cm³/mol. The minimum atomic E-state index is -0.411. The number of methoxy groups -OCH3 is 1. The van der Waals surface area contributed by atoms with Gasteiger partial charge >= 0.3 is 5.69 Å². The molecule has 0 saturated heterocycles. The molecule has 0 radical (unpaired) electrons. The van der Waals surface area contributed by atoms with Crippen molar-refractivity contribution in [1.29, 1.82) is 0 Å². The molecule has 8 nitrogen and oxygen atoms in total. The zero-order valence-electron chi connectivity index (χ0n) is 14.3. The SMILES string of the molecule is CCCCc1nnc2n1N1C(=CSC1c1ccc(OC)c([N+](=O)[O-])c1)S2. The van der Waals surface area contributed by atoms with Gasteiger partial charge in [0.15, 0.2) is 11.6 Å². The van der Waals surface area contributed by atoms with Crippen LogP contribution in [0.25, 0.3) is 0 Å². The summed E-state index contributed by atoms with van der Waals surface area (Å²) in [5.74, 6) is 1.19. The van der Waals surface area contributed by atoms with Crippen molar-refractivity contribution >= 4 is 29.2 Å². The second-order valence-corrected chi connectivity index (χ2v) is 7.84. The van der Waals surface area contributed by atoms with E-state index < -0.39 is 4.92 Å². The Bertz CT molecular complexity index is 898. The number of fused-ring (bicyclic) bond motifs is 3. The number of unbranched alkanes of at least 4 members (excludes halogenated alkanes) is 1. The number of hydrogen-bond acceptors (Lipinski definition) is 8. The fraction of sp³-hybridized carbons (Fsp3) is 0.375. The summed E-state index contributed by atoms with van der Waals surface area (Å²) < 4.78 is 7.16. The Kier molecular flexibility index (Phi) is 4.53. The molecule has 0 spiro atoms. The molecule has 10 heteroatoms. The van der Waals surface area contributed by atoms with Gasteiger partial charge in [0.05, 0.1) is 12.0 Å². The molecule has 0 amide bonds. The van der Waals surface area contributed by atoms with Gasteiger partial charge in [-0.25, -0.2) is 4.68 Å². The van der Waals surface area contributed by atoms with E-state index in [0.717, 1.165) is 40.8 Å². The summed E-state index contributed by atoms with van der Waals surface area (Å²) in [5.41, 5.74) is 0.818. The van der Waals surface area contributed by atoms with Crippen LogP contribution < -0.4 is 9.75 Å². The fourth-order valence-electron chi connectivity index (χ4n) is 3.01. The van der Waals surface area contributed by atoms with Crippen LogP contribution in [-0.4, -0.2) is 26.9 Å². The first-order valence-corrected chi connectivity index (χ1v) is 9.99. The number of ether oxygens (including phenoxy) is 1. The van der Waals surface area contributed by atoms with E-state index in [9.17, 15) is 10.1 Å². The minimum absolute atomic E-state index is 0.0268. The summed E-state index contributed by atoms with van der Waals surface area (Å²) in [6.07, 6.45) is 2.98. The second kappa shape index (κ2) is 6.84. The number of rotatable bonds is 6. The van der Waals surface area contributed by atoms with Crippen LogP contribution in [0.5, 0.6) is 5.75 Å². The maximum Gasteiger partial charge on any atom is 0.311 e. The van der Waals surface area contributed by atoms with Crippen molar-refractivity contribution in [2.45, 2.75) is 36.7 Å². The highest BCUT2D eigenvalue weighted by molar-refractivity contribution is 8.07. The average Bonchev–Trinajstić information content (AvgIpc) is 3.30. The van der Waals surface area contributed by atoms with E-state index >= 15 is 0 Å². The lowest BCUT2D eigenvalue weighted by atomic mass is 10.2. The van der Waals surface area contributed by atoms with Crippen LogP contribution >= 0.6 is 23.5 Å². The largest absolute Gasteiger partial charge is 0.490 e. The van der Waals surface area contributed by atoms with E-state index in [1.165, 1.54) is 7.11 Å². The highest BCUT2D eigenvalue weighted by atomic mass is 32.2. The number of nitro benzene ring substituents is 1. The molecule has 136 valence electrons. The summed E-state index contributed by atoms with van der Waals surface area (Å²) in [4.78, 5) is 11.0. The zero-order chi connectivity index (χ0) is 18.3. The molecule has 0 bridgehead atoms.